The first-order valence-corrected chi connectivity index (χ1v) is 6.41. The fraction of sp³-hybridized carbons (Fsp3) is 0.600. The first kappa shape index (κ1) is 13.1. The lowest BCUT2D eigenvalue weighted by atomic mass is 10.3. The fourth-order valence-corrected chi connectivity index (χ4v) is 1.58. The first-order valence-electron chi connectivity index (χ1n) is 5.18. The van der Waals surface area contributed by atoms with Gasteiger partial charge in [0.2, 0.25) is 0 Å². The molecule has 0 aromatic carbocycles. The third-order valence-corrected chi connectivity index (χ3v) is 2.42. The van der Waals surface area contributed by atoms with Gasteiger partial charge in [-0.25, -0.2) is 9.97 Å². The van der Waals surface area contributed by atoms with Gasteiger partial charge in [0.05, 0.1) is 6.61 Å². The summed E-state index contributed by atoms with van der Waals surface area (Å²) in [5.74, 6) is 1.22. The fourth-order valence-electron chi connectivity index (χ4n) is 1.20. The van der Waals surface area contributed by atoms with Crippen LogP contribution in [0.5, 0.6) is 0 Å². The van der Waals surface area contributed by atoms with E-state index in [1.165, 1.54) is 11.8 Å². The molecule has 3 N–H and O–H groups in total. The van der Waals surface area contributed by atoms with Crippen molar-refractivity contribution in [2.45, 2.75) is 25.0 Å². The van der Waals surface area contributed by atoms with Crippen molar-refractivity contribution in [2.24, 2.45) is 0 Å². The van der Waals surface area contributed by atoms with Crippen LogP contribution in [0.2, 0.25) is 0 Å². The minimum absolute atomic E-state index is 0.198. The van der Waals surface area contributed by atoms with Crippen LogP contribution in [0.1, 0.15) is 13.8 Å². The van der Waals surface area contributed by atoms with E-state index in [4.69, 9.17) is 10.5 Å². The molecule has 0 aliphatic heterocycles. The molecule has 0 aliphatic carbocycles. The number of anilines is 2. The van der Waals surface area contributed by atoms with Crippen LogP contribution in [0.15, 0.2) is 11.2 Å². The SMILES string of the molecule is CCOCC(C)Nc1cc(N)nc(SC)n1. The van der Waals surface area contributed by atoms with Crippen molar-refractivity contribution in [2.75, 3.05) is 30.5 Å². The number of nitrogen functional groups attached to an aromatic ring is 1. The monoisotopic (exact) mass is 242 g/mol. The summed E-state index contributed by atoms with van der Waals surface area (Å²) in [5.41, 5.74) is 5.68. The normalized spacial score (nSPS) is 12.4. The lowest BCUT2D eigenvalue weighted by Crippen LogP contribution is -2.22. The molecule has 0 bridgehead atoms. The van der Waals surface area contributed by atoms with Gasteiger partial charge in [0.25, 0.3) is 0 Å². The molecule has 0 fully saturated rings. The molecule has 1 unspecified atom stereocenters. The summed E-state index contributed by atoms with van der Waals surface area (Å²) in [6.07, 6.45) is 1.92. The lowest BCUT2D eigenvalue weighted by molar-refractivity contribution is 0.141. The number of nitrogens with one attached hydrogen (secondary N) is 1. The lowest BCUT2D eigenvalue weighted by Gasteiger charge is -2.14. The topological polar surface area (TPSA) is 73.1 Å². The van der Waals surface area contributed by atoms with E-state index in [0.29, 0.717) is 24.2 Å². The van der Waals surface area contributed by atoms with Gasteiger partial charge in [-0.2, -0.15) is 0 Å². The summed E-state index contributed by atoms with van der Waals surface area (Å²) >= 11 is 1.47. The summed E-state index contributed by atoms with van der Waals surface area (Å²) in [4.78, 5) is 8.39. The number of aromatic nitrogens is 2. The van der Waals surface area contributed by atoms with Crippen molar-refractivity contribution in [3.8, 4) is 0 Å². The average Bonchev–Trinajstić information content (AvgIpc) is 2.25. The number of rotatable bonds is 6. The van der Waals surface area contributed by atoms with E-state index in [2.05, 4.69) is 15.3 Å². The number of hydrogen-bond donors (Lipinski definition) is 2. The van der Waals surface area contributed by atoms with E-state index in [1.807, 2.05) is 20.1 Å². The number of ether oxygens (including phenoxy) is 1. The zero-order valence-electron chi connectivity index (χ0n) is 9.86. The van der Waals surface area contributed by atoms with Gasteiger partial charge in [0.15, 0.2) is 5.16 Å². The van der Waals surface area contributed by atoms with Crippen LogP contribution < -0.4 is 11.1 Å². The van der Waals surface area contributed by atoms with E-state index in [0.717, 1.165) is 5.82 Å². The predicted octanol–water partition coefficient (Wildman–Crippen LogP) is 1.62. The van der Waals surface area contributed by atoms with Crippen molar-refractivity contribution >= 4 is 23.4 Å². The van der Waals surface area contributed by atoms with Gasteiger partial charge in [-0.15, -0.1) is 0 Å². The third-order valence-electron chi connectivity index (χ3n) is 1.87. The Kier molecular flexibility index (Phi) is 5.34. The highest BCUT2D eigenvalue weighted by atomic mass is 32.2. The zero-order chi connectivity index (χ0) is 12.0. The Hall–Kier alpha value is -1.01. The van der Waals surface area contributed by atoms with Gasteiger partial charge < -0.3 is 15.8 Å². The van der Waals surface area contributed by atoms with E-state index in [9.17, 15) is 0 Å². The quantitative estimate of drug-likeness (QED) is 0.583. The molecule has 0 amide bonds. The number of nitrogens with two attached hydrogens (primary N) is 1. The molecular weight excluding hydrogens is 224 g/mol. The van der Waals surface area contributed by atoms with Gasteiger partial charge in [-0.1, -0.05) is 11.8 Å². The van der Waals surface area contributed by atoms with Crippen LogP contribution in [-0.4, -0.2) is 35.5 Å². The molecule has 0 saturated heterocycles. The number of hydrogen-bond acceptors (Lipinski definition) is 6. The van der Waals surface area contributed by atoms with Crippen LogP contribution in [0.3, 0.4) is 0 Å². The Morgan fingerprint density at radius 3 is 2.94 bits per heavy atom. The maximum absolute atomic E-state index is 5.68. The largest absolute Gasteiger partial charge is 0.383 e. The van der Waals surface area contributed by atoms with Crippen LogP contribution >= 0.6 is 11.8 Å². The minimum Gasteiger partial charge on any atom is -0.383 e. The standard InChI is InChI=1S/C10H18N4OS/c1-4-15-6-7(2)12-9-5-8(11)13-10(14-9)16-3/h5,7H,4,6H2,1-3H3,(H3,11,12,13,14). The summed E-state index contributed by atoms with van der Waals surface area (Å²) in [5, 5.41) is 3.90. The maximum Gasteiger partial charge on any atom is 0.191 e. The van der Waals surface area contributed by atoms with Gasteiger partial charge in [-0.05, 0) is 20.1 Å². The summed E-state index contributed by atoms with van der Waals surface area (Å²) in [7, 11) is 0. The van der Waals surface area contributed by atoms with E-state index >= 15 is 0 Å². The smallest absolute Gasteiger partial charge is 0.191 e. The van der Waals surface area contributed by atoms with Gasteiger partial charge in [0, 0.05) is 18.7 Å². The van der Waals surface area contributed by atoms with Crippen LogP contribution in [-0.2, 0) is 4.74 Å². The van der Waals surface area contributed by atoms with E-state index in [1.54, 1.807) is 6.07 Å². The van der Waals surface area contributed by atoms with E-state index in [-0.39, 0.29) is 6.04 Å². The Balaban J connectivity index is 2.61. The molecule has 0 aliphatic rings. The molecule has 1 atom stereocenters. The second-order valence-electron chi connectivity index (χ2n) is 3.37. The first-order chi connectivity index (χ1) is 7.65. The van der Waals surface area contributed by atoms with E-state index < -0.39 is 0 Å². The summed E-state index contributed by atoms with van der Waals surface area (Å²) in [6.45, 7) is 5.37. The second kappa shape index (κ2) is 6.55. The Bertz CT molecular complexity index is 335. The molecule has 6 heteroatoms. The van der Waals surface area contributed by atoms with Crippen molar-refractivity contribution in [3.63, 3.8) is 0 Å². The molecule has 1 heterocycles. The molecule has 1 aromatic rings. The highest BCUT2D eigenvalue weighted by molar-refractivity contribution is 7.98. The molecule has 0 saturated carbocycles. The maximum atomic E-state index is 5.68. The van der Waals surface area contributed by atoms with Crippen molar-refractivity contribution in [1.29, 1.82) is 0 Å². The molecular formula is C10H18N4OS. The second-order valence-corrected chi connectivity index (χ2v) is 4.14. The summed E-state index contributed by atoms with van der Waals surface area (Å²) < 4.78 is 5.31. The average molecular weight is 242 g/mol. The molecule has 16 heavy (non-hydrogen) atoms. The number of nitrogens with zero attached hydrogens (tertiary/aromatic N) is 2. The zero-order valence-corrected chi connectivity index (χ0v) is 10.7. The Morgan fingerprint density at radius 1 is 1.56 bits per heavy atom. The van der Waals surface area contributed by atoms with Gasteiger partial charge >= 0.3 is 0 Å². The Morgan fingerprint density at radius 2 is 2.31 bits per heavy atom. The van der Waals surface area contributed by atoms with Crippen molar-refractivity contribution < 1.29 is 4.74 Å². The van der Waals surface area contributed by atoms with Crippen molar-refractivity contribution in [1.82, 2.24) is 9.97 Å². The summed E-state index contributed by atoms with van der Waals surface area (Å²) in [6, 6.07) is 1.92. The molecule has 1 rings (SSSR count). The third kappa shape index (κ3) is 4.24. The molecule has 0 spiro atoms. The van der Waals surface area contributed by atoms with Crippen LogP contribution in [0.4, 0.5) is 11.6 Å². The van der Waals surface area contributed by atoms with Crippen LogP contribution in [0, 0.1) is 0 Å². The number of thioether (sulfide) groups is 1. The van der Waals surface area contributed by atoms with Gasteiger partial charge in [-0.3, -0.25) is 0 Å². The predicted molar refractivity (Wildman–Crippen MR) is 67.8 cm³/mol. The molecule has 5 nitrogen and oxygen atoms in total. The highest BCUT2D eigenvalue weighted by Crippen LogP contribution is 2.15. The molecule has 0 radical (unpaired) electrons. The van der Waals surface area contributed by atoms with Gasteiger partial charge in [0.1, 0.15) is 11.6 Å². The van der Waals surface area contributed by atoms with Crippen molar-refractivity contribution in [3.05, 3.63) is 6.07 Å². The minimum atomic E-state index is 0.198. The van der Waals surface area contributed by atoms with Crippen LogP contribution in [0.25, 0.3) is 0 Å². The molecule has 90 valence electrons. The molecule has 1 aromatic heterocycles. The highest BCUT2D eigenvalue weighted by Gasteiger charge is 2.05. The Labute approximate surface area is 100 Å².